The molecule has 16 heavy (non-hydrogen) atoms. The summed E-state index contributed by atoms with van der Waals surface area (Å²) in [5.41, 5.74) is 0. The monoisotopic (exact) mass is 238 g/mol. The average Bonchev–Trinajstić information content (AvgIpc) is 2.60. The first-order valence-corrected chi connectivity index (χ1v) is 6.45. The molecule has 1 N–H and O–H groups in total. The van der Waals surface area contributed by atoms with E-state index < -0.39 is 0 Å². The Bertz CT molecular complexity index is 384. The number of aryl methyl sites for hydroxylation is 1. The molecule has 1 aliphatic heterocycles. The van der Waals surface area contributed by atoms with E-state index in [9.17, 15) is 4.79 Å². The summed E-state index contributed by atoms with van der Waals surface area (Å²) < 4.78 is 0. The topological polar surface area (TPSA) is 32.3 Å². The van der Waals surface area contributed by atoms with E-state index >= 15 is 0 Å². The van der Waals surface area contributed by atoms with Crippen molar-refractivity contribution in [2.45, 2.75) is 19.9 Å². The third-order valence-corrected chi connectivity index (χ3v) is 4.40. The largest absolute Gasteiger partial charge is 0.338 e. The van der Waals surface area contributed by atoms with Crippen molar-refractivity contribution >= 4 is 17.2 Å². The number of carbonyl (C=O) groups excluding carboxylic acids is 1. The van der Waals surface area contributed by atoms with Crippen LogP contribution in [0.25, 0.3) is 0 Å². The highest BCUT2D eigenvalue weighted by atomic mass is 32.1. The Morgan fingerprint density at radius 3 is 2.69 bits per heavy atom. The summed E-state index contributed by atoms with van der Waals surface area (Å²) in [6.45, 7) is 5.85. The predicted octanol–water partition coefficient (Wildman–Crippen LogP) is 1.80. The Labute approximate surface area is 100 Å². The van der Waals surface area contributed by atoms with E-state index in [4.69, 9.17) is 0 Å². The van der Waals surface area contributed by atoms with Gasteiger partial charge in [0.25, 0.3) is 0 Å². The summed E-state index contributed by atoms with van der Waals surface area (Å²) in [5.74, 6) is 0.450. The first-order chi connectivity index (χ1) is 7.59. The zero-order valence-corrected chi connectivity index (χ0v) is 10.8. The highest BCUT2D eigenvalue weighted by Gasteiger charge is 2.30. The quantitative estimate of drug-likeness (QED) is 0.871. The van der Waals surface area contributed by atoms with Crippen LogP contribution in [0.1, 0.15) is 22.7 Å². The maximum Gasteiger partial charge on any atom is 0.228 e. The summed E-state index contributed by atoms with van der Waals surface area (Å²) in [7, 11) is 1.90. The molecule has 1 amide bonds. The Balaban J connectivity index is 2.03. The zero-order valence-electron chi connectivity index (χ0n) is 9.99. The van der Waals surface area contributed by atoms with Crippen LogP contribution in [0.2, 0.25) is 0 Å². The molecule has 1 fully saturated rings. The standard InChI is InChI=1S/C12H18N2OS/c1-8-4-5-11(16-8)9(2)14(3)12(15)10-6-13-7-10/h4-5,9-10,13H,6-7H2,1-3H3. The molecule has 0 radical (unpaired) electrons. The molecule has 0 aromatic carbocycles. The summed E-state index contributed by atoms with van der Waals surface area (Å²) in [5, 5.41) is 3.13. The number of amides is 1. The molecule has 0 aliphatic carbocycles. The maximum atomic E-state index is 12.0. The lowest BCUT2D eigenvalue weighted by molar-refractivity contribution is -0.137. The van der Waals surface area contributed by atoms with Crippen molar-refractivity contribution in [1.29, 1.82) is 0 Å². The van der Waals surface area contributed by atoms with Crippen LogP contribution < -0.4 is 5.32 Å². The third kappa shape index (κ3) is 2.13. The number of hydrogen-bond acceptors (Lipinski definition) is 3. The fraction of sp³-hybridized carbons (Fsp3) is 0.583. The third-order valence-electron chi connectivity index (χ3n) is 3.23. The first kappa shape index (κ1) is 11.6. The predicted molar refractivity (Wildman–Crippen MR) is 66.6 cm³/mol. The van der Waals surface area contributed by atoms with Gasteiger partial charge >= 0.3 is 0 Å². The van der Waals surface area contributed by atoms with Gasteiger partial charge in [0.1, 0.15) is 0 Å². The van der Waals surface area contributed by atoms with E-state index in [1.165, 1.54) is 9.75 Å². The molecule has 1 unspecified atom stereocenters. The summed E-state index contributed by atoms with van der Waals surface area (Å²) in [4.78, 5) is 16.5. The van der Waals surface area contributed by atoms with E-state index in [1.54, 1.807) is 11.3 Å². The zero-order chi connectivity index (χ0) is 11.7. The van der Waals surface area contributed by atoms with E-state index in [2.05, 4.69) is 31.3 Å². The van der Waals surface area contributed by atoms with Crippen molar-refractivity contribution < 1.29 is 4.79 Å². The smallest absolute Gasteiger partial charge is 0.228 e. The van der Waals surface area contributed by atoms with Gasteiger partial charge < -0.3 is 10.2 Å². The SMILES string of the molecule is Cc1ccc(C(C)N(C)C(=O)C2CNC2)s1. The van der Waals surface area contributed by atoms with Gasteiger partial charge in [-0.25, -0.2) is 0 Å². The van der Waals surface area contributed by atoms with Crippen LogP contribution in [-0.2, 0) is 4.79 Å². The van der Waals surface area contributed by atoms with Gasteiger partial charge in [-0.15, -0.1) is 11.3 Å². The number of nitrogens with one attached hydrogen (secondary N) is 1. The van der Waals surface area contributed by atoms with E-state index in [-0.39, 0.29) is 17.9 Å². The molecule has 0 spiro atoms. The number of nitrogens with zero attached hydrogens (tertiary/aromatic N) is 1. The van der Waals surface area contributed by atoms with Crippen LogP contribution in [0.3, 0.4) is 0 Å². The van der Waals surface area contributed by atoms with Crippen molar-refractivity contribution in [3.63, 3.8) is 0 Å². The second-order valence-corrected chi connectivity index (χ2v) is 5.75. The number of carbonyl (C=O) groups is 1. The molecule has 1 atom stereocenters. The fourth-order valence-corrected chi connectivity index (χ4v) is 2.78. The van der Waals surface area contributed by atoms with Crippen LogP contribution in [0, 0.1) is 12.8 Å². The van der Waals surface area contributed by atoms with Gasteiger partial charge in [-0.05, 0) is 26.0 Å². The second-order valence-electron chi connectivity index (χ2n) is 4.43. The summed E-state index contributed by atoms with van der Waals surface area (Å²) in [6.07, 6.45) is 0. The molecule has 1 aliphatic rings. The lowest BCUT2D eigenvalue weighted by Gasteiger charge is -2.33. The van der Waals surface area contributed by atoms with Crippen molar-refractivity contribution in [2.75, 3.05) is 20.1 Å². The number of hydrogen-bond donors (Lipinski definition) is 1. The van der Waals surface area contributed by atoms with E-state index in [0.717, 1.165) is 13.1 Å². The van der Waals surface area contributed by atoms with Gasteiger partial charge in [-0.1, -0.05) is 0 Å². The molecule has 1 aromatic heterocycles. The summed E-state index contributed by atoms with van der Waals surface area (Å²) >= 11 is 1.77. The Morgan fingerprint density at radius 1 is 1.56 bits per heavy atom. The minimum atomic E-state index is 0.187. The Hall–Kier alpha value is -0.870. The molecular weight excluding hydrogens is 220 g/mol. The molecule has 1 aromatic rings. The van der Waals surface area contributed by atoms with Crippen LogP contribution in [0.15, 0.2) is 12.1 Å². The molecule has 2 heterocycles. The van der Waals surface area contributed by atoms with Crippen LogP contribution >= 0.6 is 11.3 Å². The second kappa shape index (κ2) is 4.55. The lowest BCUT2D eigenvalue weighted by atomic mass is 10.0. The van der Waals surface area contributed by atoms with Crippen molar-refractivity contribution in [3.8, 4) is 0 Å². The molecule has 3 nitrogen and oxygen atoms in total. The molecule has 88 valence electrons. The van der Waals surface area contributed by atoms with E-state index in [0.29, 0.717) is 0 Å². The van der Waals surface area contributed by atoms with Gasteiger partial charge in [-0.2, -0.15) is 0 Å². The van der Waals surface area contributed by atoms with Crippen molar-refractivity contribution in [2.24, 2.45) is 5.92 Å². The maximum absolute atomic E-state index is 12.0. The average molecular weight is 238 g/mol. The lowest BCUT2D eigenvalue weighted by Crippen LogP contribution is -2.51. The van der Waals surface area contributed by atoms with Crippen LogP contribution in [0.5, 0.6) is 0 Å². The molecule has 4 heteroatoms. The summed E-state index contributed by atoms with van der Waals surface area (Å²) in [6, 6.07) is 4.42. The van der Waals surface area contributed by atoms with Crippen LogP contribution in [0.4, 0.5) is 0 Å². The van der Waals surface area contributed by atoms with Crippen molar-refractivity contribution in [3.05, 3.63) is 21.9 Å². The normalized spacial score (nSPS) is 17.9. The van der Waals surface area contributed by atoms with Gasteiger partial charge in [0, 0.05) is 29.9 Å². The number of thiophene rings is 1. The number of rotatable bonds is 3. The highest BCUT2D eigenvalue weighted by molar-refractivity contribution is 7.12. The minimum Gasteiger partial charge on any atom is -0.338 e. The Morgan fingerprint density at radius 2 is 2.25 bits per heavy atom. The van der Waals surface area contributed by atoms with E-state index in [1.807, 2.05) is 11.9 Å². The van der Waals surface area contributed by atoms with Crippen molar-refractivity contribution in [1.82, 2.24) is 10.2 Å². The molecule has 0 bridgehead atoms. The van der Waals surface area contributed by atoms with Crippen LogP contribution in [-0.4, -0.2) is 30.9 Å². The molecule has 2 rings (SSSR count). The first-order valence-electron chi connectivity index (χ1n) is 5.63. The fourth-order valence-electron chi connectivity index (χ4n) is 1.81. The Kier molecular flexibility index (Phi) is 3.30. The van der Waals surface area contributed by atoms with Gasteiger partial charge in [0.2, 0.25) is 5.91 Å². The molecular formula is C12H18N2OS. The van der Waals surface area contributed by atoms with Gasteiger partial charge in [0.15, 0.2) is 0 Å². The molecule has 1 saturated heterocycles. The highest BCUT2D eigenvalue weighted by Crippen LogP contribution is 2.27. The van der Waals surface area contributed by atoms with Gasteiger partial charge in [0.05, 0.1) is 12.0 Å². The molecule has 0 saturated carbocycles. The van der Waals surface area contributed by atoms with Gasteiger partial charge in [-0.3, -0.25) is 4.79 Å². The minimum absolute atomic E-state index is 0.187.